The number of amides is 1. The van der Waals surface area contributed by atoms with Gasteiger partial charge in [0.2, 0.25) is 0 Å². The summed E-state index contributed by atoms with van der Waals surface area (Å²) in [4.78, 5) is 14.4. The van der Waals surface area contributed by atoms with Crippen LogP contribution in [0, 0.1) is 14.9 Å². The van der Waals surface area contributed by atoms with Gasteiger partial charge >= 0.3 is 0 Å². The van der Waals surface area contributed by atoms with Crippen molar-refractivity contribution >= 4 is 45.9 Å². The monoisotopic (exact) mass is 477 g/mol. The number of nitrogens with zero attached hydrogens (tertiary/aromatic N) is 2. The molecule has 0 aliphatic heterocycles. The van der Waals surface area contributed by atoms with Crippen LogP contribution in [0.3, 0.4) is 0 Å². The molecule has 0 fully saturated rings. The zero-order valence-electron chi connectivity index (χ0n) is 15.3. The first-order chi connectivity index (χ1) is 12.8. The number of carbonyl (C=O) groups is 1. The lowest BCUT2D eigenvalue weighted by Crippen LogP contribution is -2.14. The fourth-order valence-corrected chi connectivity index (χ4v) is 2.92. The molecule has 7 heteroatoms. The molecule has 2 N–H and O–H groups in total. The van der Waals surface area contributed by atoms with E-state index in [4.69, 9.17) is 4.74 Å². The second-order valence-corrected chi connectivity index (χ2v) is 7.01. The van der Waals surface area contributed by atoms with E-state index >= 15 is 0 Å². The van der Waals surface area contributed by atoms with E-state index in [0.29, 0.717) is 27.2 Å². The van der Waals surface area contributed by atoms with Crippen molar-refractivity contribution in [3.8, 4) is 17.6 Å². The number of phenols is 1. The van der Waals surface area contributed by atoms with E-state index in [1.165, 1.54) is 6.08 Å². The number of nitriles is 1. The summed E-state index contributed by atoms with van der Waals surface area (Å²) in [6.07, 6.45) is 1.47. The van der Waals surface area contributed by atoms with E-state index in [2.05, 4.69) is 5.32 Å². The molecular weight excluding hydrogens is 457 g/mol. The number of hydrogen-bond acceptors (Lipinski definition) is 5. The summed E-state index contributed by atoms with van der Waals surface area (Å²) >= 11 is 1.97. The number of carbonyl (C=O) groups excluding carboxylic acids is 1. The van der Waals surface area contributed by atoms with Crippen LogP contribution in [0.1, 0.15) is 12.5 Å². The van der Waals surface area contributed by atoms with Crippen LogP contribution < -0.4 is 15.0 Å². The van der Waals surface area contributed by atoms with Crippen LogP contribution in [0.5, 0.6) is 11.5 Å². The summed E-state index contributed by atoms with van der Waals surface area (Å²) in [5, 5.41) is 22.1. The number of ether oxygens (including phenoxy) is 1. The van der Waals surface area contributed by atoms with Crippen LogP contribution in [-0.4, -0.2) is 31.7 Å². The Labute approximate surface area is 172 Å². The van der Waals surface area contributed by atoms with E-state index in [1.54, 1.807) is 24.3 Å². The summed E-state index contributed by atoms with van der Waals surface area (Å²) in [7, 11) is 3.86. The Kier molecular flexibility index (Phi) is 7.07. The molecule has 0 unspecified atom stereocenters. The Balaban J connectivity index is 2.25. The Morgan fingerprint density at radius 1 is 1.33 bits per heavy atom. The lowest BCUT2D eigenvalue weighted by molar-refractivity contribution is -0.112. The van der Waals surface area contributed by atoms with Gasteiger partial charge < -0.3 is 20.1 Å². The van der Waals surface area contributed by atoms with E-state index < -0.39 is 5.91 Å². The lowest BCUT2D eigenvalue weighted by atomic mass is 10.1. The highest BCUT2D eigenvalue weighted by Crippen LogP contribution is 2.33. The van der Waals surface area contributed by atoms with Gasteiger partial charge in [0.15, 0.2) is 11.5 Å². The van der Waals surface area contributed by atoms with Crippen LogP contribution >= 0.6 is 22.6 Å². The van der Waals surface area contributed by atoms with Crippen molar-refractivity contribution in [1.29, 1.82) is 5.26 Å². The van der Waals surface area contributed by atoms with Crippen LogP contribution in [0.4, 0.5) is 11.4 Å². The molecule has 2 rings (SSSR count). The molecule has 0 saturated carbocycles. The highest BCUT2D eigenvalue weighted by atomic mass is 127. The highest BCUT2D eigenvalue weighted by Gasteiger charge is 2.13. The number of anilines is 2. The van der Waals surface area contributed by atoms with E-state index in [1.807, 2.05) is 66.7 Å². The molecule has 6 nitrogen and oxygen atoms in total. The summed E-state index contributed by atoms with van der Waals surface area (Å²) in [6.45, 7) is 2.20. The number of hydrogen-bond donors (Lipinski definition) is 2. The number of nitrogens with one attached hydrogen (secondary N) is 1. The average molecular weight is 477 g/mol. The summed E-state index contributed by atoms with van der Waals surface area (Å²) < 4.78 is 5.96. The first-order valence-corrected chi connectivity index (χ1v) is 9.29. The molecule has 0 aromatic heterocycles. The number of phenolic OH excluding ortho intramolecular Hbond substituents is 1. The zero-order valence-corrected chi connectivity index (χ0v) is 17.4. The molecule has 2 aromatic rings. The topological polar surface area (TPSA) is 85.6 Å². The summed E-state index contributed by atoms with van der Waals surface area (Å²) in [5.41, 5.74) is 2.15. The smallest absolute Gasteiger partial charge is 0.266 e. The third kappa shape index (κ3) is 5.37. The van der Waals surface area contributed by atoms with Gasteiger partial charge in [-0.2, -0.15) is 5.26 Å². The molecule has 140 valence electrons. The maximum Gasteiger partial charge on any atom is 0.266 e. The minimum absolute atomic E-state index is 0.0403. The molecule has 0 aliphatic rings. The molecular formula is C20H20IN3O3. The van der Waals surface area contributed by atoms with Crippen molar-refractivity contribution in [2.24, 2.45) is 0 Å². The van der Waals surface area contributed by atoms with Crippen LogP contribution in [-0.2, 0) is 4.79 Å². The van der Waals surface area contributed by atoms with Gasteiger partial charge in [-0.05, 0) is 77.6 Å². The van der Waals surface area contributed by atoms with Gasteiger partial charge in [-0.25, -0.2) is 0 Å². The van der Waals surface area contributed by atoms with Crippen molar-refractivity contribution in [1.82, 2.24) is 0 Å². The molecule has 0 atom stereocenters. The highest BCUT2D eigenvalue weighted by molar-refractivity contribution is 14.1. The van der Waals surface area contributed by atoms with Crippen LogP contribution in [0.25, 0.3) is 6.08 Å². The fourth-order valence-electron chi connectivity index (χ4n) is 2.30. The average Bonchev–Trinajstić information content (AvgIpc) is 2.64. The van der Waals surface area contributed by atoms with Gasteiger partial charge in [-0.1, -0.05) is 0 Å². The van der Waals surface area contributed by atoms with Crippen molar-refractivity contribution in [3.05, 3.63) is 51.1 Å². The van der Waals surface area contributed by atoms with Gasteiger partial charge in [0.05, 0.1) is 10.2 Å². The molecule has 0 bridgehead atoms. The fraction of sp³-hybridized carbons (Fsp3) is 0.200. The third-order valence-electron chi connectivity index (χ3n) is 3.67. The molecule has 0 aliphatic carbocycles. The second kappa shape index (κ2) is 9.28. The molecule has 1 amide bonds. The van der Waals surface area contributed by atoms with Crippen LogP contribution in [0.15, 0.2) is 42.0 Å². The van der Waals surface area contributed by atoms with Gasteiger partial charge in [-0.3, -0.25) is 4.79 Å². The number of halogens is 1. The predicted octanol–water partition coefficient (Wildman–Crippen LogP) is 4.01. The van der Waals surface area contributed by atoms with Crippen molar-refractivity contribution in [2.75, 3.05) is 30.9 Å². The molecule has 0 spiro atoms. The maximum atomic E-state index is 12.4. The van der Waals surface area contributed by atoms with Crippen LogP contribution in [0.2, 0.25) is 0 Å². The van der Waals surface area contributed by atoms with Gasteiger partial charge in [0, 0.05) is 25.5 Å². The van der Waals surface area contributed by atoms with Gasteiger partial charge in [-0.15, -0.1) is 0 Å². The summed E-state index contributed by atoms with van der Waals surface area (Å²) in [5.74, 6) is -0.151. The van der Waals surface area contributed by atoms with Crippen molar-refractivity contribution < 1.29 is 14.6 Å². The Hall–Kier alpha value is -2.73. The quantitative estimate of drug-likeness (QED) is 0.373. The van der Waals surface area contributed by atoms with Gasteiger partial charge in [0.25, 0.3) is 5.91 Å². The van der Waals surface area contributed by atoms with E-state index in [9.17, 15) is 15.2 Å². The second-order valence-electron chi connectivity index (χ2n) is 5.85. The maximum absolute atomic E-state index is 12.4. The SMILES string of the molecule is CCOc1cc(/C=C(/C#N)C(=O)Nc2ccc(N(C)C)cc2)cc(I)c1O. The Bertz CT molecular complexity index is 900. The summed E-state index contributed by atoms with van der Waals surface area (Å²) in [6, 6.07) is 12.5. The first kappa shape index (κ1) is 20.6. The lowest BCUT2D eigenvalue weighted by Gasteiger charge is -2.13. The minimum atomic E-state index is -0.504. The number of aromatic hydroxyl groups is 1. The van der Waals surface area contributed by atoms with Crippen molar-refractivity contribution in [3.63, 3.8) is 0 Å². The van der Waals surface area contributed by atoms with Gasteiger partial charge in [0.1, 0.15) is 11.6 Å². The molecule has 0 saturated heterocycles. The Morgan fingerprint density at radius 2 is 2.00 bits per heavy atom. The number of benzene rings is 2. The normalized spacial score (nSPS) is 10.9. The predicted molar refractivity (Wildman–Crippen MR) is 115 cm³/mol. The van der Waals surface area contributed by atoms with E-state index in [-0.39, 0.29) is 11.3 Å². The number of rotatable bonds is 6. The minimum Gasteiger partial charge on any atom is -0.504 e. The first-order valence-electron chi connectivity index (χ1n) is 8.21. The van der Waals surface area contributed by atoms with E-state index in [0.717, 1.165) is 5.69 Å². The molecule has 2 aromatic carbocycles. The largest absolute Gasteiger partial charge is 0.504 e. The zero-order chi connectivity index (χ0) is 20.0. The van der Waals surface area contributed by atoms with Crippen molar-refractivity contribution in [2.45, 2.75) is 6.92 Å². The Morgan fingerprint density at radius 3 is 2.56 bits per heavy atom. The molecule has 0 radical (unpaired) electrons. The third-order valence-corrected chi connectivity index (χ3v) is 4.49. The molecule has 0 heterocycles. The molecule has 27 heavy (non-hydrogen) atoms. The standard InChI is InChI=1S/C20H20IN3O3/c1-4-27-18-11-13(10-17(21)19(18)25)9-14(12-22)20(26)23-15-5-7-16(8-6-15)24(2)3/h5-11,25H,4H2,1-3H3,(H,23,26)/b14-9-.